The van der Waals surface area contributed by atoms with E-state index in [-0.39, 0.29) is 0 Å². The largest absolute Gasteiger partial charge is 0.493 e. The predicted octanol–water partition coefficient (Wildman–Crippen LogP) is 1.81. The number of para-hydroxylation sites is 1. The third-order valence-corrected chi connectivity index (χ3v) is 2.81. The average molecular weight is 192 g/mol. The van der Waals surface area contributed by atoms with Crippen molar-refractivity contribution in [3.8, 4) is 5.75 Å². The van der Waals surface area contributed by atoms with Gasteiger partial charge in [-0.25, -0.2) is 0 Å². The molecule has 74 valence electrons. The number of benzene rings is 1. The van der Waals surface area contributed by atoms with Crippen molar-refractivity contribution in [2.45, 2.75) is 18.8 Å². The minimum Gasteiger partial charge on any atom is -0.493 e. The standard InChI is InChI=1S/C11H12O3/c1-11(10(12)13)6-7-14-9-5-3-2-4-8(9)11/h2-5H,6-7H2,1H3,(H,12,13). The quantitative estimate of drug-likeness (QED) is 0.738. The maximum Gasteiger partial charge on any atom is 0.314 e. The molecule has 1 aliphatic heterocycles. The van der Waals surface area contributed by atoms with Crippen LogP contribution in [-0.4, -0.2) is 17.7 Å². The lowest BCUT2D eigenvalue weighted by Gasteiger charge is -2.31. The van der Waals surface area contributed by atoms with Crippen molar-refractivity contribution in [1.82, 2.24) is 0 Å². The second kappa shape index (κ2) is 3.01. The van der Waals surface area contributed by atoms with Crippen LogP contribution >= 0.6 is 0 Å². The zero-order valence-corrected chi connectivity index (χ0v) is 7.99. The highest BCUT2D eigenvalue weighted by Crippen LogP contribution is 2.38. The lowest BCUT2D eigenvalue weighted by molar-refractivity contribution is -0.144. The van der Waals surface area contributed by atoms with Gasteiger partial charge in [-0.1, -0.05) is 18.2 Å². The van der Waals surface area contributed by atoms with Crippen LogP contribution < -0.4 is 4.74 Å². The Morgan fingerprint density at radius 3 is 2.93 bits per heavy atom. The molecule has 0 spiro atoms. The van der Waals surface area contributed by atoms with E-state index in [1.807, 2.05) is 24.3 Å². The number of aliphatic carboxylic acids is 1. The predicted molar refractivity (Wildman–Crippen MR) is 51.5 cm³/mol. The molecular formula is C11H12O3. The van der Waals surface area contributed by atoms with E-state index in [4.69, 9.17) is 4.74 Å². The molecule has 0 fully saturated rings. The van der Waals surface area contributed by atoms with Gasteiger partial charge in [0.2, 0.25) is 0 Å². The van der Waals surface area contributed by atoms with Gasteiger partial charge in [0.1, 0.15) is 5.75 Å². The summed E-state index contributed by atoms with van der Waals surface area (Å²) < 4.78 is 5.41. The topological polar surface area (TPSA) is 46.5 Å². The molecule has 1 aromatic carbocycles. The molecule has 0 radical (unpaired) electrons. The van der Waals surface area contributed by atoms with E-state index in [1.54, 1.807) is 6.92 Å². The molecule has 3 heteroatoms. The van der Waals surface area contributed by atoms with Gasteiger partial charge in [0.25, 0.3) is 0 Å². The van der Waals surface area contributed by atoms with Crippen molar-refractivity contribution in [3.63, 3.8) is 0 Å². The third-order valence-electron chi connectivity index (χ3n) is 2.81. The molecule has 1 heterocycles. The summed E-state index contributed by atoms with van der Waals surface area (Å²) in [5.74, 6) is -0.0862. The smallest absolute Gasteiger partial charge is 0.314 e. The summed E-state index contributed by atoms with van der Waals surface area (Å²) in [7, 11) is 0. The van der Waals surface area contributed by atoms with Crippen molar-refractivity contribution >= 4 is 5.97 Å². The van der Waals surface area contributed by atoms with Crippen molar-refractivity contribution in [3.05, 3.63) is 29.8 Å². The van der Waals surface area contributed by atoms with Crippen LogP contribution in [0.4, 0.5) is 0 Å². The molecule has 3 nitrogen and oxygen atoms in total. The lowest BCUT2D eigenvalue weighted by Crippen LogP contribution is -2.37. The zero-order valence-electron chi connectivity index (χ0n) is 7.99. The number of rotatable bonds is 1. The first-order valence-electron chi connectivity index (χ1n) is 4.60. The van der Waals surface area contributed by atoms with Gasteiger partial charge in [-0.3, -0.25) is 4.79 Å². The SMILES string of the molecule is CC1(C(=O)O)CCOc2ccccc21. The number of carbonyl (C=O) groups is 1. The Bertz CT molecular complexity index is 373. The van der Waals surface area contributed by atoms with Gasteiger partial charge in [-0.05, 0) is 13.0 Å². The van der Waals surface area contributed by atoms with Crippen molar-refractivity contribution in [2.75, 3.05) is 6.61 Å². The summed E-state index contributed by atoms with van der Waals surface area (Å²) in [5, 5.41) is 9.19. The Balaban J connectivity index is 2.55. The Kier molecular flexibility index (Phi) is 1.95. The Hall–Kier alpha value is -1.51. The summed E-state index contributed by atoms with van der Waals surface area (Å²) >= 11 is 0. The Morgan fingerprint density at radius 2 is 2.21 bits per heavy atom. The van der Waals surface area contributed by atoms with Crippen LogP contribution in [0.3, 0.4) is 0 Å². The van der Waals surface area contributed by atoms with Crippen LogP contribution in [0.2, 0.25) is 0 Å². The molecule has 2 rings (SSSR count). The maximum atomic E-state index is 11.2. The van der Waals surface area contributed by atoms with E-state index in [9.17, 15) is 9.90 Å². The van der Waals surface area contributed by atoms with Crippen molar-refractivity contribution in [2.24, 2.45) is 0 Å². The minimum absolute atomic E-state index is 0.472. The summed E-state index contributed by atoms with van der Waals surface area (Å²) in [6.07, 6.45) is 0.527. The van der Waals surface area contributed by atoms with Gasteiger partial charge < -0.3 is 9.84 Å². The van der Waals surface area contributed by atoms with Crippen LogP contribution in [-0.2, 0) is 10.2 Å². The van der Waals surface area contributed by atoms with Crippen LogP contribution in [0.15, 0.2) is 24.3 Å². The number of hydrogen-bond acceptors (Lipinski definition) is 2. The summed E-state index contributed by atoms with van der Waals surface area (Å²) in [6, 6.07) is 7.33. The lowest BCUT2D eigenvalue weighted by atomic mass is 9.78. The fourth-order valence-electron chi connectivity index (χ4n) is 1.77. The van der Waals surface area contributed by atoms with Crippen LogP contribution in [0.1, 0.15) is 18.9 Å². The number of carboxylic acids is 1. The van der Waals surface area contributed by atoms with Gasteiger partial charge in [-0.2, -0.15) is 0 Å². The highest BCUT2D eigenvalue weighted by molar-refractivity contribution is 5.82. The van der Waals surface area contributed by atoms with Crippen LogP contribution in [0.5, 0.6) is 5.75 Å². The van der Waals surface area contributed by atoms with E-state index in [0.717, 1.165) is 5.56 Å². The monoisotopic (exact) mass is 192 g/mol. The Labute approximate surface area is 82.3 Å². The zero-order chi connectivity index (χ0) is 10.2. The highest BCUT2D eigenvalue weighted by atomic mass is 16.5. The molecule has 1 aliphatic rings. The number of carboxylic acid groups (broad SMARTS) is 1. The molecule has 1 unspecified atom stereocenters. The third kappa shape index (κ3) is 1.16. The molecular weight excluding hydrogens is 180 g/mol. The fraction of sp³-hybridized carbons (Fsp3) is 0.364. The first-order valence-corrected chi connectivity index (χ1v) is 4.60. The average Bonchev–Trinajstić information content (AvgIpc) is 2.18. The molecule has 0 saturated heterocycles. The second-order valence-corrected chi connectivity index (χ2v) is 3.73. The highest BCUT2D eigenvalue weighted by Gasteiger charge is 2.39. The summed E-state index contributed by atoms with van der Waals surface area (Å²) in [4.78, 5) is 11.2. The molecule has 0 amide bonds. The van der Waals surface area contributed by atoms with Gasteiger partial charge >= 0.3 is 5.97 Å². The molecule has 0 aliphatic carbocycles. The van der Waals surface area contributed by atoms with E-state index in [0.29, 0.717) is 18.8 Å². The molecule has 14 heavy (non-hydrogen) atoms. The van der Waals surface area contributed by atoms with Gasteiger partial charge in [0.15, 0.2) is 0 Å². The minimum atomic E-state index is -0.797. The van der Waals surface area contributed by atoms with Crippen LogP contribution in [0.25, 0.3) is 0 Å². The Morgan fingerprint density at radius 1 is 1.50 bits per heavy atom. The molecule has 0 saturated carbocycles. The normalized spacial score (nSPS) is 24.9. The van der Waals surface area contributed by atoms with E-state index >= 15 is 0 Å². The van der Waals surface area contributed by atoms with E-state index < -0.39 is 11.4 Å². The molecule has 1 N–H and O–H groups in total. The number of ether oxygens (including phenoxy) is 1. The van der Waals surface area contributed by atoms with Gasteiger partial charge in [-0.15, -0.1) is 0 Å². The summed E-state index contributed by atoms with van der Waals surface area (Å²) in [5.41, 5.74) is -0.0202. The first-order chi connectivity index (χ1) is 6.64. The first kappa shape index (κ1) is 9.06. The molecule has 0 bridgehead atoms. The van der Waals surface area contributed by atoms with Gasteiger partial charge in [0, 0.05) is 12.0 Å². The van der Waals surface area contributed by atoms with Crippen molar-refractivity contribution in [1.29, 1.82) is 0 Å². The fourth-order valence-corrected chi connectivity index (χ4v) is 1.77. The molecule has 1 aromatic rings. The van der Waals surface area contributed by atoms with Crippen LogP contribution in [0, 0.1) is 0 Å². The van der Waals surface area contributed by atoms with E-state index in [2.05, 4.69) is 0 Å². The van der Waals surface area contributed by atoms with E-state index in [1.165, 1.54) is 0 Å². The van der Waals surface area contributed by atoms with Gasteiger partial charge in [0.05, 0.1) is 12.0 Å². The molecule has 1 atom stereocenters. The second-order valence-electron chi connectivity index (χ2n) is 3.73. The van der Waals surface area contributed by atoms with Crippen molar-refractivity contribution < 1.29 is 14.6 Å². The maximum absolute atomic E-state index is 11.2. The molecule has 0 aromatic heterocycles. The number of hydrogen-bond donors (Lipinski definition) is 1. The number of fused-ring (bicyclic) bond motifs is 1. The summed E-state index contributed by atoms with van der Waals surface area (Å²) in [6.45, 7) is 2.22.